The monoisotopic (exact) mass is 345 g/mol. The van der Waals surface area contributed by atoms with E-state index in [1.807, 2.05) is 30.3 Å². The van der Waals surface area contributed by atoms with E-state index in [1.165, 1.54) is 4.90 Å². The molecule has 0 aliphatic rings. The highest BCUT2D eigenvalue weighted by molar-refractivity contribution is 6.34. The molecular weight excluding hydrogens is 326 g/mol. The summed E-state index contributed by atoms with van der Waals surface area (Å²) in [5.41, 5.74) is 2.09. The largest absolute Gasteiger partial charge is 0.347 e. The second-order valence-corrected chi connectivity index (χ2v) is 5.90. The van der Waals surface area contributed by atoms with Crippen molar-refractivity contribution in [3.8, 4) is 0 Å². The zero-order valence-corrected chi connectivity index (χ0v) is 14.3. The molecule has 0 saturated carbocycles. The van der Waals surface area contributed by atoms with Gasteiger partial charge in [0.1, 0.15) is 0 Å². The molecular formula is C18H20ClN3O2. The Kier molecular flexibility index (Phi) is 6.75. The van der Waals surface area contributed by atoms with E-state index in [0.717, 1.165) is 11.1 Å². The third-order valence-corrected chi connectivity index (χ3v) is 3.85. The second kappa shape index (κ2) is 9.03. The van der Waals surface area contributed by atoms with Gasteiger partial charge in [0.15, 0.2) is 0 Å². The number of likely N-dealkylation sites (N-methyl/N-ethyl adjacent to an activating group) is 1. The van der Waals surface area contributed by atoms with Crippen molar-refractivity contribution in [2.45, 2.75) is 12.8 Å². The van der Waals surface area contributed by atoms with Gasteiger partial charge in [-0.2, -0.15) is 0 Å². The maximum Gasteiger partial charge on any atom is 0.311 e. The number of carbonyl (C=O) groups excluding carboxylic acids is 2. The standard InChI is InChI=1S/C18H20ClN3O2/c1-22(12-8-14-5-9-20-10-6-14)18(24)17(23)21-11-7-15-3-2-4-16(19)13-15/h2-6,9-10,13H,7-8,11-12H2,1H3,(H,21,23). The molecule has 126 valence electrons. The molecule has 0 fully saturated rings. The molecule has 1 heterocycles. The highest BCUT2D eigenvalue weighted by Crippen LogP contribution is 2.10. The van der Waals surface area contributed by atoms with Gasteiger partial charge in [-0.05, 0) is 48.2 Å². The highest BCUT2D eigenvalue weighted by Gasteiger charge is 2.17. The van der Waals surface area contributed by atoms with Gasteiger partial charge in [-0.3, -0.25) is 14.6 Å². The van der Waals surface area contributed by atoms with Crippen LogP contribution in [0, 0.1) is 0 Å². The Bertz CT molecular complexity index is 692. The normalized spacial score (nSPS) is 10.2. The minimum absolute atomic E-state index is 0.392. The molecule has 0 bridgehead atoms. The first-order valence-electron chi connectivity index (χ1n) is 7.73. The number of amides is 2. The predicted octanol–water partition coefficient (Wildman–Crippen LogP) is 2.09. The van der Waals surface area contributed by atoms with Crippen LogP contribution in [0.25, 0.3) is 0 Å². The molecule has 6 heteroatoms. The number of pyridine rings is 1. The van der Waals surface area contributed by atoms with Gasteiger partial charge in [-0.15, -0.1) is 0 Å². The number of nitrogens with zero attached hydrogens (tertiary/aromatic N) is 2. The molecule has 1 aromatic carbocycles. The summed E-state index contributed by atoms with van der Waals surface area (Å²) in [6.45, 7) is 0.869. The number of nitrogens with one attached hydrogen (secondary N) is 1. The topological polar surface area (TPSA) is 62.3 Å². The maximum absolute atomic E-state index is 12.0. The van der Waals surface area contributed by atoms with E-state index in [9.17, 15) is 9.59 Å². The second-order valence-electron chi connectivity index (χ2n) is 5.47. The number of aromatic nitrogens is 1. The van der Waals surface area contributed by atoms with Crippen LogP contribution in [0.3, 0.4) is 0 Å². The third-order valence-electron chi connectivity index (χ3n) is 3.61. The smallest absolute Gasteiger partial charge is 0.311 e. The Hall–Kier alpha value is -2.40. The lowest BCUT2D eigenvalue weighted by atomic mass is 10.1. The minimum Gasteiger partial charge on any atom is -0.347 e. The fourth-order valence-electron chi connectivity index (χ4n) is 2.21. The molecule has 0 aliphatic carbocycles. The first kappa shape index (κ1) is 17.9. The van der Waals surface area contributed by atoms with Crippen LogP contribution in [-0.4, -0.2) is 41.8 Å². The molecule has 0 unspecified atom stereocenters. The van der Waals surface area contributed by atoms with Crippen molar-refractivity contribution in [2.24, 2.45) is 0 Å². The van der Waals surface area contributed by atoms with Crippen molar-refractivity contribution in [3.05, 3.63) is 64.9 Å². The van der Waals surface area contributed by atoms with Crippen LogP contribution in [0.5, 0.6) is 0 Å². The zero-order chi connectivity index (χ0) is 17.4. The molecule has 1 aromatic heterocycles. The fraction of sp³-hybridized carbons (Fsp3) is 0.278. The van der Waals surface area contributed by atoms with Crippen LogP contribution in [0.15, 0.2) is 48.8 Å². The van der Waals surface area contributed by atoms with Gasteiger partial charge in [-0.1, -0.05) is 23.7 Å². The summed E-state index contributed by atoms with van der Waals surface area (Å²) in [5, 5.41) is 3.30. The van der Waals surface area contributed by atoms with Crippen molar-refractivity contribution in [1.29, 1.82) is 0 Å². The SMILES string of the molecule is CN(CCc1ccncc1)C(=O)C(=O)NCCc1cccc(Cl)c1. The molecule has 0 radical (unpaired) electrons. The summed E-state index contributed by atoms with van der Waals surface area (Å²) >= 11 is 5.91. The van der Waals surface area contributed by atoms with Crippen molar-refractivity contribution < 1.29 is 9.59 Å². The summed E-state index contributed by atoms with van der Waals surface area (Å²) in [6, 6.07) is 11.2. The van der Waals surface area contributed by atoms with Crippen LogP contribution in [-0.2, 0) is 22.4 Å². The van der Waals surface area contributed by atoms with E-state index in [2.05, 4.69) is 10.3 Å². The van der Waals surface area contributed by atoms with Crippen LogP contribution >= 0.6 is 11.6 Å². The van der Waals surface area contributed by atoms with E-state index < -0.39 is 11.8 Å². The van der Waals surface area contributed by atoms with Gasteiger partial charge in [0.2, 0.25) is 0 Å². The van der Waals surface area contributed by atoms with Gasteiger partial charge in [0.25, 0.3) is 0 Å². The molecule has 2 rings (SSSR count). The zero-order valence-electron chi connectivity index (χ0n) is 13.5. The molecule has 1 N–H and O–H groups in total. The van der Waals surface area contributed by atoms with Gasteiger partial charge < -0.3 is 10.2 Å². The summed E-state index contributed by atoms with van der Waals surface area (Å²) in [4.78, 5) is 29.3. The van der Waals surface area contributed by atoms with Gasteiger partial charge in [0, 0.05) is 37.6 Å². The number of hydrogen-bond acceptors (Lipinski definition) is 3. The first-order valence-corrected chi connectivity index (χ1v) is 8.10. The summed E-state index contributed by atoms with van der Waals surface area (Å²) in [5.74, 6) is -1.12. The number of benzene rings is 1. The average molecular weight is 346 g/mol. The van der Waals surface area contributed by atoms with E-state index in [-0.39, 0.29) is 0 Å². The van der Waals surface area contributed by atoms with Crippen LogP contribution in [0.2, 0.25) is 5.02 Å². The predicted molar refractivity (Wildman–Crippen MR) is 93.7 cm³/mol. The lowest BCUT2D eigenvalue weighted by Gasteiger charge is -2.16. The third kappa shape index (κ3) is 5.66. The number of rotatable bonds is 6. The Balaban J connectivity index is 1.73. The van der Waals surface area contributed by atoms with Gasteiger partial charge in [0.05, 0.1) is 0 Å². The molecule has 0 spiro atoms. The van der Waals surface area contributed by atoms with Crippen molar-refractivity contribution in [2.75, 3.05) is 20.1 Å². The van der Waals surface area contributed by atoms with Crippen LogP contribution < -0.4 is 5.32 Å². The van der Waals surface area contributed by atoms with Crippen LogP contribution in [0.1, 0.15) is 11.1 Å². The van der Waals surface area contributed by atoms with Crippen LogP contribution in [0.4, 0.5) is 0 Å². The maximum atomic E-state index is 12.0. The first-order chi connectivity index (χ1) is 11.6. The van der Waals surface area contributed by atoms with Crippen molar-refractivity contribution in [1.82, 2.24) is 15.2 Å². The van der Waals surface area contributed by atoms with Crippen molar-refractivity contribution in [3.63, 3.8) is 0 Å². The molecule has 0 aliphatic heterocycles. The molecule has 2 amide bonds. The molecule has 24 heavy (non-hydrogen) atoms. The minimum atomic E-state index is -0.589. The quantitative estimate of drug-likeness (QED) is 0.815. The summed E-state index contributed by atoms with van der Waals surface area (Å²) in [6.07, 6.45) is 4.72. The molecule has 2 aromatic rings. The lowest BCUT2D eigenvalue weighted by molar-refractivity contribution is -0.144. The van der Waals surface area contributed by atoms with E-state index in [1.54, 1.807) is 25.5 Å². The lowest BCUT2D eigenvalue weighted by Crippen LogP contribution is -2.42. The Labute approximate surface area is 146 Å². The molecule has 5 nitrogen and oxygen atoms in total. The molecule has 0 saturated heterocycles. The number of hydrogen-bond donors (Lipinski definition) is 1. The van der Waals surface area contributed by atoms with Crippen molar-refractivity contribution >= 4 is 23.4 Å². The highest BCUT2D eigenvalue weighted by atomic mass is 35.5. The summed E-state index contributed by atoms with van der Waals surface area (Å²) < 4.78 is 0. The summed E-state index contributed by atoms with van der Waals surface area (Å²) in [7, 11) is 1.63. The number of halogens is 1. The van der Waals surface area contributed by atoms with Gasteiger partial charge in [-0.25, -0.2) is 0 Å². The average Bonchev–Trinajstić information content (AvgIpc) is 2.60. The molecule has 0 atom stereocenters. The number of carbonyl (C=O) groups is 2. The van der Waals surface area contributed by atoms with Gasteiger partial charge >= 0.3 is 11.8 Å². The Morgan fingerprint density at radius 3 is 2.58 bits per heavy atom. The van der Waals surface area contributed by atoms with E-state index in [0.29, 0.717) is 31.0 Å². The van der Waals surface area contributed by atoms with E-state index >= 15 is 0 Å². The Morgan fingerprint density at radius 1 is 1.12 bits per heavy atom. The Morgan fingerprint density at radius 2 is 1.88 bits per heavy atom. The fourth-order valence-corrected chi connectivity index (χ4v) is 2.42. The van der Waals surface area contributed by atoms with E-state index in [4.69, 9.17) is 11.6 Å².